The summed E-state index contributed by atoms with van der Waals surface area (Å²) in [6.45, 7) is 18.8. The molecule has 0 aliphatic carbocycles. The minimum atomic E-state index is -0.516. The predicted molar refractivity (Wildman–Crippen MR) is 157 cm³/mol. The van der Waals surface area contributed by atoms with Crippen LogP contribution in [-0.2, 0) is 10.8 Å². The minimum absolute atomic E-state index is 0.257. The van der Waals surface area contributed by atoms with Crippen LogP contribution in [0.1, 0.15) is 82.0 Å². The summed E-state index contributed by atoms with van der Waals surface area (Å²) in [5, 5.41) is 30.9. The third-order valence-corrected chi connectivity index (χ3v) is 8.43. The first-order valence-electron chi connectivity index (χ1n) is 13.2. The SMILES string of the molecule is Cc1cc(C(C)(C)c2ccc(C(C)(c3c(C)cc(O)cc3C)c3c(C)cc(O)cc3C)cc2)cc(C)c1O. The summed E-state index contributed by atoms with van der Waals surface area (Å²) in [6.07, 6.45) is 0. The van der Waals surface area contributed by atoms with Crippen LogP contribution in [0.2, 0.25) is 0 Å². The Bertz CT molecular complexity index is 1400. The molecular formula is C35H40O3. The second kappa shape index (κ2) is 9.54. The van der Waals surface area contributed by atoms with Crippen molar-refractivity contribution in [1.82, 2.24) is 0 Å². The van der Waals surface area contributed by atoms with Crippen LogP contribution in [0.4, 0.5) is 0 Å². The Morgan fingerprint density at radius 1 is 0.447 bits per heavy atom. The van der Waals surface area contributed by atoms with Crippen LogP contribution in [0, 0.1) is 41.5 Å². The highest BCUT2D eigenvalue weighted by Gasteiger charge is 2.37. The molecule has 3 heteroatoms. The van der Waals surface area contributed by atoms with Gasteiger partial charge in [0.1, 0.15) is 17.2 Å². The largest absolute Gasteiger partial charge is 0.508 e. The van der Waals surface area contributed by atoms with Crippen molar-refractivity contribution in [3.63, 3.8) is 0 Å². The Balaban J connectivity index is 1.94. The standard InChI is InChI=1S/C35H40O3/c1-20-16-29(36)17-21(2)31(20)35(9,32-22(3)18-30(37)19-23(32)4)27-12-10-26(11-13-27)34(7,8)28-14-24(5)33(38)25(6)15-28/h10-19,36-38H,1-9H3. The smallest absolute Gasteiger partial charge is 0.121 e. The van der Waals surface area contributed by atoms with Gasteiger partial charge in [-0.3, -0.25) is 0 Å². The zero-order valence-corrected chi connectivity index (χ0v) is 24.1. The maximum absolute atomic E-state index is 10.3. The molecule has 3 N–H and O–H groups in total. The van der Waals surface area contributed by atoms with E-state index in [1.807, 2.05) is 38.1 Å². The first-order valence-corrected chi connectivity index (χ1v) is 13.2. The summed E-state index contributed by atoms with van der Waals surface area (Å²) in [6, 6.07) is 20.3. The van der Waals surface area contributed by atoms with Crippen molar-refractivity contribution in [3.8, 4) is 17.2 Å². The van der Waals surface area contributed by atoms with Gasteiger partial charge in [0.05, 0.1) is 0 Å². The fourth-order valence-corrected chi connectivity index (χ4v) is 6.58. The third kappa shape index (κ3) is 4.45. The molecule has 0 radical (unpaired) electrons. The molecule has 4 rings (SSSR count). The minimum Gasteiger partial charge on any atom is -0.508 e. The lowest BCUT2D eigenvalue weighted by Crippen LogP contribution is -2.30. The third-order valence-electron chi connectivity index (χ3n) is 8.43. The van der Waals surface area contributed by atoms with Crippen molar-refractivity contribution in [2.45, 2.75) is 73.1 Å². The van der Waals surface area contributed by atoms with Gasteiger partial charge in [-0.25, -0.2) is 0 Å². The van der Waals surface area contributed by atoms with Gasteiger partial charge in [0.2, 0.25) is 0 Å². The van der Waals surface area contributed by atoms with Crippen LogP contribution in [0.3, 0.4) is 0 Å². The van der Waals surface area contributed by atoms with Gasteiger partial charge >= 0.3 is 0 Å². The number of phenolic OH excluding ortho intramolecular Hbond substituents is 3. The first kappa shape index (κ1) is 27.3. The van der Waals surface area contributed by atoms with Gasteiger partial charge in [-0.05, 0) is 134 Å². The molecule has 4 aromatic carbocycles. The van der Waals surface area contributed by atoms with Crippen LogP contribution >= 0.6 is 0 Å². The van der Waals surface area contributed by atoms with Gasteiger partial charge in [0.25, 0.3) is 0 Å². The number of hydrogen-bond donors (Lipinski definition) is 3. The van der Waals surface area contributed by atoms with Crippen LogP contribution in [0.25, 0.3) is 0 Å². The first-order chi connectivity index (χ1) is 17.7. The summed E-state index contributed by atoms with van der Waals surface area (Å²) >= 11 is 0. The summed E-state index contributed by atoms with van der Waals surface area (Å²) in [7, 11) is 0. The highest BCUT2D eigenvalue weighted by Crippen LogP contribution is 2.47. The Kier molecular flexibility index (Phi) is 6.86. The highest BCUT2D eigenvalue weighted by molar-refractivity contribution is 5.61. The van der Waals surface area contributed by atoms with E-state index in [9.17, 15) is 15.3 Å². The summed E-state index contributed by atoms with van der Waals surface area (Å²) < 4.78 is 0. The van der Waals surface area contributed by atoms with E-state index < -0.39 is 5.41 Å². The zero-order chi connectivity index (χ0) is 28.2. The number of phenols is 3. The molecule has 0 fully saturated rings. The quantitative estimate of drug-likeness (QED) is 0.237. The topological polar surface area (TPSA) is 60.7 Å². The lowest BCUT2D eigenvalue weighted by molar-refractivity contribution is 0.465. The summed E-state index contributed by atoms with van der Waals surface area (Å²) in [4.78, 5) is 0. The molecule has 0 aliphatic rings. The molecule has 0 aliphatic heterocycles. The summed E-state index contributed by atoms with van der Waals surface area (Å²) in [5.41, 5.74) is 10.9. The molecule has 0 saturated carbocycles. The van der Waals surface area contributed by atoms with Crippen molar-refractivity contribution in [2.75, 3.05) is 0 Å². The van der Waals surface area contributed by atoms with E-state index in [0.717, 1.165) is 55.6 Å². The van der Waals surface area contributed by atoms with Gasteiger partial charge in [-0.2, -0.15) is 0 Å². The summed E-state index contributed by atoms with van der Waals surface area (Å²) in [5.74, 6) is 0.888. The molecule has 3 nitrogen and oxygen atoms in total. The number of aryl methyl sites for hydroxylation is 6. The van der Waals surface area contributed by atoms with Gasteiger partial charge < -0.3 is 15.3 Å². The van der Waals surface area contributed by atoms with Gasteiger partial charge in [-0.15, -0.1) is 0 Å². The monoisotopic (exact) mass is 508 g/mol. The maximum atomic E-state index is 10.3. The molecule has 198 valence electrons. The Labute approximate surface area is 227 Å². The molecule has 0 unspecified atom stereocenters. The van der Waals surface area contributed by atoms with E-state index in [1.165, 1.54) is 5.56 Å². The average molecular weight is 509 g/mol. The fourth-order valence-electron chi connectivity index (χ4n) is 6.58. The molecule has 4 aromatic rings. The number of aromatic hydroxyl groups is 3. The Hall–Kier alpha value is -3.72. The van der Waals surface area contributed by atoms with E-state index in [0.29, 0.717) is 5.75 Å². The molecule has 0 aromatic heterocycles. The molecule has 0 atom stereocenters. The van der Waals surface area contributed by atoms with Crippen LogP contribution in [-0.4, -0.2) is 15.3 Å². The molecule has 0 bridgehead atoms. The van der Waals surface area contributed by atoms with E-state index in [2.05, 4.69) is 84.9 Å². The zero-order valence-electron chi connectivity index (χ0n) is 24.1. The van der Waals surface area contributed by atoms with E-state index in [-0.39, 0.29) is 16.9 Å². The normalized spacial score (nSPS) is 12.1. The lowest BCUT2D eigenvalue weighted by Gasteiger charge is -2.38. The second-order valence-electron chi connectivity index (χ2n) is 11.7. The van der Waals surface area contributed by atoms with Crippen molar-refractivity contribution in [3.05, 3.63) is 122 Å². The maximum Gasteiger partial charge on any atom is 0.121 e. The number of rotatable bonds is 5. The number of benzene rings is 4. The van der Waals surface area contributed by atoms with Crippen molar-refractivity contribution in [1.29, 1.82) is 0 Å². The Morgan fingerprint density at radius 3 is 1.16 bits per heavy atom. The van der Waals surface area contributed by atoms with E-state index >= 15 is 0 Å². The van der Waals surface area contributed by atoms with Crippen LogP contribution in [0.5, 0.6) is 17.2 Å². The van der Waals surface area contributed by atoms with Gasteiger partial charge in [0, 0.05) is 10.8 Å². The molecule has 0 saturated heterocycles. The van der Waals surface area contributed by atoms with Crippen LogP contribution < -0.4 is 0 Å². The average Bonchev–Trinajstić information content (AvgIpc) is 2.80. The van der Waals surface area contributed by atoms with E-state index in [1.54, 1.807) is 0 Å². The number of hydrogen-bond acceptors (Lipinski definition) is 3. The van der Waals surface area contributed by atoms with Gasteiger partial charge in [0.15, 0.2) is 0 Å². The molecule has 38 heavy (non-hydrogen) atoms. The second-order valence-corrected chi connectivity index (χ2v) is 11.7. The predicted octanol–water partition coefficient (Wildman–Crippen LogP) is 8.33. The van der Waals surface area contributed by atoms with Crippen molar-refractivity contribution in [2.24, 2.45) is 0 Å². The molecule has 0 amide bonds. The van der Waals surface area contributed by atoms with Crippen LogP contribution in [0.15, 0.2) is 60.7 Å². The molecular weight excluding hydrogens is 468 g/mol. The fraction of sp³-hybridized carbons (Fsp3) is 0.314. The highest BCUT2D eigenvalue weighted by atomic mass is 16.3. The van der Waals surface area contributed by atoms with Crippen molar-refractivity contribution < 1.29 is 15.3 Å². The van der Waals surface area contributed by atoms with Crippen molar-refractivity contribution >= 4 is 0 Å². The van der Waals surface area contributed by atoms with Gasteiger partial charge in [-0.1, -0.05) is 50.2 Å². The molecule has 0 heterocycles. The Morgan fingerprint density at radius 2 is 0.789 bits per heavy atom. The lowest BCUT2D eigenvalue weighted by atomic mass is 9.65. The molecule has 0 spiro atoms. The van der Waals surface area contributed by atoms with E-state index in [4.69, 9.17) is 0 Å².